The molecule has 1 atom stereocenters. The van der Waals surface area contributed by atoms with Crippen LogP contribution >= 0.6 is 0 Å². The van der Waals surface area contributed by atoms with E-state index in [1.807, 2.05) is 0 Å². The van der Waals surface area contributed by atoms with Gasteiger partial charge < -0.3 is 24.2 Å². The van der Waals surface area contributed by atoms with Crippen LogP contribution in [0.5, 0.6) is 11.5 Å². The molecule has 0 saturated heterocycles. The van der Waals surface area contributed by atoms with E-state index in [1.54, 1.807) is 0 Å². The Bertz CT molecular complexity index is 676. The fourth-order valence-corrected chi connectivity index (χ4v) is 2.16. The quantitative estimate of drug-likeness (QED) is 0.372. The lowest BCUT2D eigenvalue weighted by atomic mass is 10.1. The standard InChI is InChI=1S/C16H22N2O8/c1-10(16(20)21)9-17(2)15(19)11-7-13(25-4)14(26-6-5-24-3)8-12(11)18(22)23/h7-8,10H,5-6,9H2,1-4H3,(H,20,21). The molecule has 1 aromatic rings. The number of methoxy groups -OCH3 is 2. The van der Waals surface area contributed by atoms with Gasteiger partial charge in [0.2, 0.25) is 0 Å². The lowest BCUT2D eigenvalue weighted by molar-refractivity contribution is -0.385. The van der Waals surface area contributed by atoms with Gasteiger partial charge in [-0.1, -0.05) is 6.92 Å². The number of rotatable bonds is 10. The van der Waals surface area contributed by atoms with E-state index in [4.69, 9.17) is 19.3 Å². The zero-order valence-electron chi connectivity index (χ0n) is 15.1. The minimum Gasteiger partial charge on any atom is -0.493 e. The number of nitro groups is 1. The Morgan fingerprint density at radius 1 is 1.27 bits per heavy atom. The number of aliphatic carboxylic acids is 1. The molecule has 0 fully saturated rings. The first kappa shape index (κ1) is 21.2. The van der Waals surface area contributed by atoms with Crippen molar-refractivity contribution in [1.82, 2.24) is 4.90 Å². The van der Waals surface area contributed by atoms with Crippen LogP contribution in [0.2, 0.25) is 0 Å². The van der Waals surface area contributed by atoms with E-state index in [1.165, 1.54) is 34.3 Å². The van der Waals surface area contributed by atoms with Crippen molar-refractivity contribution in [2.45, 2.75) is 6.92 Å². The van der Waals surface area contributed by atoms with E-state index in [2.05, 4.69) is 0 Å². The third-order valence-corrected chi connectivity index (χ3v) is 3.57. The van der Waals surface area contributed by atoms with Gasteiger partial charge in [0.05, 0.1) is 30.6 Å². The van der Waals surface area contributed by atoms with Gasteiger partial charge in [-0.05, 0) is 0 Å². The summed E-state index contributed by atoms with van der Waals surface area (Å²) in [6.45, 7) is 1.76. The maximum Gasteiger partial charge on any atom is 0.308 e. The Hall–Kier alpha value is -2.88. The molecule has 26 heavy (non-hydrogen) atoms. The molecule has 1 aromatic carbocycles. The fourth-order valence-electron chi connectivity index (χ4n) is 2.16. The van der Waals surface area contributed by atoms with Crippen molar-refractivity contribution < 1.29 is 33.8 Å². The van der Waals surface area contributed by atoms with Crippen LogP contribution in [-0.4, -0.2) is 67.8 Å². The number of amides is 1. The Morgan fingerprint density at radius 3 is 2.42 bits per heavy atom. The number of carbonyl (C=O) groups excluding carboxylic acids is 1. The molecule has 0 aliphatic heterocycles. The Kier molecular flexibility index (Phi) is 7.78. The van der Waals surface area contributed by atoms with Crippen LogP contribution in [-0.2, 0) is 9.53 Å². The number of nitrogens with zero attached hydrogens (tertiary/aromatic N) is 2. The van der Waals surface area contributed by atoms with Crippen molar-refractivity contribution in [1.29, 1.82) is 0 Å². The number of benzene rings is 1. The summed E-state index contributed by atoms with van der Waals surface area (Å²) in [5.41, 5.74) is -0.677. The molecule has 0 bridgehead atoms. The smallest absolute Gasteiger partial charge is 0.308 e. The van der Waals surface area contributed by atoms with Gasteiger partial charge in [0.25, 0.3) is 11.6 Å². The molecule has 0 saturated carbocycles. The van der Waals surface area contributed by atoms with E-state index in [9.17, 15) is 19.7 Å². The SMILES string of the molecule is COCCOc1cc([N+](=O)[O-])c(C(=O)N(C)CC(C)C(=O)O)cc1OC. The van der Waals surface area contributed by atoms with Gasteiger partial charge in [0.15, 0.2) is 11.5 Å². The molecule has 1 rings (SSSR count). The predicted molar refractivity (Wildman–Crippen MR) is 90.8 cm³/mol. The zero-order chi connectivity index (χ0) is 19.9. The number of carbonyl (C=O) groups is 2. The summed E-state index contributed by atoms with van der Waals surface area (Å²) >= 11 is 0. The highest BCUT2D eigenvalue weighted by molar-refractivity contribution is 5.99. The second-order valence-electron chi connectivity index (χ2n) is 5.54. The minimum absolute atomic E-state index is 0.0975. The molecule has 0 aromatic heterocycles. The lowest BCUT2D eigenvalue weighted by Gasteiger charge is -2.20. The van der Waals surface area contributed by atoms with E-state index in [-0.39, 0.29) is 36.8 Å². The minimum atomic E-state index is -1.07. The molecular weight excluding hydrogens is 348 g/mol. The molecule has 10 heteroatoms. The van der Waals surface area contributed by atoms with Gasteiger partial charge in [-0.15, -0.1) is 0 Å². The molecule has 0 spiro atoms. The van der Waals surface area contributed by atoms with Crippen LogP contribution < -0.4 is 9.47 Å². The van der Waals surface area contributed by atoms with E-state index < -0.39 is 28.4 Å². The number of hydrogen-bond acceptors (Lipinski definition) is 7. The first-order chi connectivity index (χ1) is 12.2. The van der Waals surface area contributed by atoms with Crippen molar-refractivity contribution >= 4 is 17.6 Å². The average molecular weight is 370 g/mol. The molecule has 144 valence electrons. The third kappa shape index (κ3) is 5.31. The fraction of sp³-hybridized carbons (Fsp3) is 0.500. The molecule has 0 aliphatic rings. The van der Waals surface area contributed by atoms with Crippen LogP contribution in [0.25, 0.3) is 0 Å². The predicted octanol–water partition coefficient (Wildman–Crippen LogP) is 1.42. The number of carboxylic acid groups (broad SMARTS) is 1. The maximum atomic E-state index is 12.6. The summed E-state index contributed by atoms with van der Waals surface area (Å²) in [6.07, 6.45) is 0. The number of carboxylic acids is 1. The highest BCUT2D eigenvalue weighted by Gasteiger charge is 2.28. The maximum absolute atomic E-state index is 12.6. The van der Waals surface area contributed by atoms with Gasteiger partial charge in [-0.3, -0.25) is 19.7 Å². The van der Waals surface area contributed by atoms with Gasteiger partial charge in [-0.25, -0.2) is 0 Å². The Morgan fingerprint density at radius 2 is 1.92 bits per heavy atom. The molecule has 0 heterocycles. The summed E-state index contributed by atoms with van der Waals surface area (Å²) in [5, 5.41) is 20.3. The van der Waals surface area contributed by atoms with E-state index in [0.717, 1.165) is 11.0 Å². The number of hydrogen-bond donors (Lipinski definition) is 1. The van der Waals surface area contributed by atoms with Gasteiger partial charge in [0, 0.05) is 26.8 Å². The van der Waals surface area contributed by atoms with Crippen LogP contribution in [0, 0.1) is 16.0 Å². The first-order valence-electron chi connectivity index (χ1n) is 7.69. The summed E-state index contributed by atoms with van der Waals surface area (Å²) in [4.78, 5) is 35.3. The summed E-state index contributed by atoms with van der Waals surface area (Å²) in [7, 11) is 4.20. The lowest BCUT2D eigenvalue weighted by Crippen LogP contribution is -2.34. The molecule has 1 unspecified atom stereocenters. The van der Waals surface area contributed by atoms with Crippen LogP contribution in [0.15, 0.2) is 12.1 Å². The first-order valence-corrected chi connectivity index (χ1v) is 7.69. The van der Waals surface area contributed by atoms with Crippen molar-refractivity contribution in [3.8, 4) is 11.5 Å². The summed E-state index contributed by atoms with van der Waals surface area (Å²) < 4.78 is 15.4. The normalized spacial score (nSPS) is 11.5. The molecule has 0 aliphatic carbocycles. The highest BCUT2D eigenvalue weighted by atomic mass is 16.6. The molecule has 0 radical (unpaired) electrons. The highest BCUT2D eigenvalue weighted by Crippen LogP contribution is 2.35. The molecule has 10 nitrogen and oxygen atoms in total. The summed E-state index contributed by atoms with van der Waals surface area (Å²) in [6, 6.07) is 2.32. The van der Waals surface area contributed by atoms with E-state index in [0.29, 0.717) is 0 Å². The van der Waals surface area contributed by atoms with Crippen LogP contribution in [0.4, 0.5) is 5.69 Å². The zero-order valence-corrected chi connectivity index (χ0v) is 15.1. The van der Waals surface area contributed by atoms with Crippen molar-refractivity contribution in [2.75, 3.05) is 41.0 Å². The Labute approximate surface area is 150 Å². The summed E-state index contributed by atoms with van der Waals surface area (Å²) in [5.74, 6) is -2.32. The molecule has 1 N–H and O–H groups in total. The van der Waals surface area contributed by atoms with Crippen molar-refractivity contribution in [3.05, 3.63) is 27.8 Å². The van der Waals surface area contributed by atoms with Crippen LogP contribution in [0.1, 0.15) is 17.3 Å². The number of ether oxygens (including phenoxy) is 3. The van der Waals surface area contributed by atoms with Crippen LogP contribution in [0.3, 0.4) is 0 Å². The van der Waals surface area contributed by atoms with E-state index >= 15 is 0 Å². The monoisotopic (exact) mass is 370 g/mol. The number of nitro benzene ring substituents is 1. The van der Waals surface area contributed by atoms with Gasteiger partial charge in [0.1, 0.15) is 12.2 Å². The molecular formula is C16H22N2O8. The Balaban J connectivity index is 3.21. The topological polar surface area (TPSA) is 128 Å². The van der Waals surface area contributed by atoms with Crippen molar-refractivity contribution in [3.63, 3.8) is 0 Å². The largest absolute Gasteiger partial charge is 0.493 e. The van der Waals surface area contributed by atoms with Gasteiger partial charge >= 0.3 is 5.97 Å². The molecule has 1 amide bonds. The average Bonchev–Trinajstić information content (AvgIpc) is 2.60. The second-order valence-corrected chi connectivity index (χ2v) is 5.54. The van der Waals surface area contributed by atoms with Crippen molar-refractivity contribution in [2.24, 2.45) is 5.92 Å². The van der Waals surface area contributed by atoms with Gasteiger partial charge in [-0.2, -0.15) is 0 Å². The second kappa shape index (κ2) is 9.56. The third-order valence-electron chi connectivity index (χ3n) is 3.57.